The molecular formula is C9H11N3O. The molecule has 0 spiro atoms. The van der Waals surface area contributed by atoms with Crippen LogP contribution in [-0.4, -0.2) is 23.6 Å². The third-order valence-corrected chi connectivity index (χ3v) is 1.73. The maximum atomic E-state index is 6.66. The van der Waals surface area contributed by atoms with E-state index in [1.54, 1.807) is 6.20 Å². The van der Waals surface area contributed by atoms with E-state index in [9.17, 15) is 0 Å². The third kappa shape index (κ3) is 2.41. The van der Waals surface area contributed by atoms with Crippen molar-refractivity contribution < 1.29 is 4.74 Å². The fourth-order valence-corrected chi connectivity index (χ4v) is 0.991. The van der Waals surface area contributed by atoms with Crippen molar-refractivity contribution in [3.63, 3.8) is 0 Å². The molecular weight excluding hydrogens is 166 g/mol. The summed E-state index contributed by atoms with van der Waals surface area (Å²) in [6.45, 7) is 9.04. The molecule has 1 rings (SSSR count). The van der Waals surface area contributed by atoms with Gasteiger partial charge in [0.15, 0.2) is 0 Å². The predicted octanol–water partition coefficient (Wildman–Crippen LogP) is 1.26. The Balaban J connectivity index is 2.80. The van der Waals surface area contributed by atoms with E-state index < -0.39 is 0 Å². The second kappa shape index (κ2) is 4.41. The minimum Gasteiger partial charge on any atom is -0.467 e. The number of aromatic nitrogens is 2. The second-order valence-corrected chi connectivity index (χ2v) is 2.60. The zero-order chi connectivity index (χ0) is 9.68. The SMILES string of the molecule is [C-]#[N+]CCc1cnc(OC)nc1C. The molecule has 1 aromatic rings. The summed E-state index contributed by atoms with van der Waals surface area (Å²) in [7, 11) is 1.54. The van der Waals surface area contributed by atoms with Gasteiger partial charge in [0.25, 0.3) is 0 Å². The molecule has 0 aliphatic carbocycles. The van der Waals surface area contributed by atoms with Crippen LogP contribution >= 0.6 is 0 Å². The highest BCUT2D eigenvalue weighted by Gasteiger charge is 2.03. The molecule has 4 nitrogen and oxygen atoms in total. The first-order chi connectivity index (χ1) is 6.27. The highest BCUT2D eigenvalue weighted by molar-refractivity contribution is 5.18. The highest BCUT2D eigenvalue weighted by atomic mass is 16.5. The number of aryl methyl sites for hydroxylation is 1. The molecule has 0 bridgehead atoms. The maximum Gasteiger partial charge on any atom is 0.316 e. The number of hydrogen-bond donors (Lipinski definition) is 0. The zero-order valence-electron chi connectivity index (χ0n) is 7.74. The molecule has 1 aromatic heterocycles. The molecule has 0 saturated carbocycles. The summed E-state index contributed by atoms with van der Waals surface area (Å²) in [4.78, 5) is 11.4. The van der Waals surface area contributed by atoms with Crippen molar-refractivity contribution in [3.8, 4) is 6.01 Å². The van der Waals surface area contributed by atoms with Gasteiger partial charge in [0, 0.05) is 18.3 Å². The molecule has 0 N–H and O–H groups in total. The monoisotopic (exact) mass is 177 g/mol. The summed E-state index contributed by atoms with van der Waals surface area (Å²) in [5.41, 5.74) is 1.90. The molecule has 0 fully saturated rings. The van der Waals surface area contributed by atoms with E-state index in [4.69, 9.17) is 11.3 Å². The van der Waals surface area contributed by atoms with Gasteiger partial charge in [0.2, 0.25) is 6.54 Å². The largest absolute Gasteiger partial charge is 0.467 e. The van der Waals surface area contributed by atoms with Crippen LogP contribution in [0.4, 0.5) is 0 Å². The Labute approximate surface area is 77.4 Å². The van der Waals surface area contributed by atoms with E-state index in [0.717, 1.165) is 11.3 Å². The van der Waals surface area contributed by atoms with Gasteiger partial charge in [0.1, 0.15) is 0 Å². The Morgan fingerprint density at radius 3 is 2.92 bits per heavy atom. The molecule has 68 valence electrons. The van der Waals surface area contributed by atoms with Crippen LogP contribution in [0.5, 0.6) is 6.01 Å². The molecule has 4 heteroatoms. The van der Waals surface area contributed by atoms with Crippen molar-refractivity contribution in [2.24, 2.45) is 0 Å². The third-order valence-electron chi connectivity index (χ3n) is 1.73. The summed E-state index contributed by atoms with van der Waals surface area (Å²) < 4.78 is 4.87. The van der Waals surface area contributed by atoms with Crippen LogP contribution in [0, 0.1) is 13.5 Å². The van der Waals surface area contributed by atoms with Gasteiger partial charge in [-0.15, -0.1) is 0 Å². The molecule has 0 unspecified atom stereocenters. The van der Waals surface area contributed by atoms with Gasteiger partial charge in [-0.25, -0.2) is 16.5 Å². The van der Waals surface area contributed by atoms with Crippen molar-refractivity contribution >= 4 is 0 Å². The van der Waals surface area contributed by atoms with E-state index in [2.05, 4.69) is 14.8 Å². The average Bonchev–Trinajstić information content (AvgIpc) is 2.16. The first-order valence-electron chi connectivity index (χ1n) is 3.97. The van der Waals surface area contributed by atoms with E-state index in [-0.39, 0.29) is 0 Å². The van der Waals surface area contributed by atoms with Gasteiger partial charge >= 0.3 is 6.01 Å². The average molecular weight is 177 g/mol. The molecule has 0 aromatic carbocycles. The maximum absolute atomic E-state index is 6.66. The first-order valence-corrected chi connectivity index (χ1v) is 3.97. The van der Waals surface area contributed by atoms with Crippen LogP contribution < -0.4 is 4.74 Å². The van der Waals surface area contributed by atoms with E-state index in [1.807, 2.05) is 6.92 Å². The Morgan fingerprint density at radius 2 is 2.38 bits per heavy atom. The second-order valence-electron chi connectivity index (χ2n) is 2.60. The lowest BCUT2D eigenvalue weighted by Crippen LogP contribution is -1.99. The Kier molecular flexibility index (Phi) is 3.21. The fourth-order valence-electron chi connectivity index (χ4n) is 0.991. The van der Waals surface area contributed by atoms with Gasteiger partial charge in [-0.05, 0) is 12.5 Å². The lowest BCUT2D eigenvalue weighted by Gasteiger charge is -2.02. The van der Waals surface area contributed by atoms with Crippen molar-refractivity contribution in [1.82, 2.24) is 9.97 Å². The van der Waals surface area contributed by atoms with Crippen LogP contribution in [-0.2, 0) is 6.42 Å². The van der Waals surface area contributed by atoms with Crippen LogP contribution in [0.15, 0.2) is 6.20 Å². The number of hydrogen-bond acceptors (Lipinski definition) is 3. The number of rotatable bonds is 3. The van der Waals surface area contributed by atoms with Crippen molar-refractivity contribution in [2.45, 2.75) is 13.3 Å². The summed E-state index contributed by atoms with van der Waals surface area (Å²) in [6.07, 6.45) is 2.42. The van der Waals surface area contributed by atoms with E-state index >= 15 is 0 Å². The Morgan fingerprint density at radius 1 is 1.62 bits per heavy atom. The summed E-state index contributed by atoms with van der Waals surface area (Å²) in [5.74, 6) is 0. The molecule has 0 aliphatic rings. The van der Waals surface area contributed by atoms with Gasteiger partial charge in [-0.2, -0.15) is 0 Å². The summed E-state index contributed by atoms with van der Waals surface area (Å²) >= 11 is 0. The van der Waals surface area contributed by atoms with Crippen molar-refractivity contribution in [3.05, 3.63) is 28.9 Å². The smallest absolute Gasteiger partial charge is 0.316 e. The summed E-state index contributed by atoms with van der Waals surface area (Å²) in [5, 5.41) is 0. The molecule has 13 heavy (non-hydrogen) atoms. The van der Waals surface area contributed by atoms with Gasteiger partial charge in [-0.1, -0.05) is 0 Å². The first kappa shape index (κ1) is 9.46. The highest BCUT2D eigenvalue weighted by Crippen LogP contribution is 2.08. The minimum atomic E-state index is 0.379. The lowest BCUT2D eigenvalue weighted by molar-refractivity contribution is 0.378. The fraction of sp³-hybridized carbons (Fsp3) is 0.444. The number of nitrogens with zero attached hydrogens (tertiary/aromatic N) is 3. The predicted molar refractivity (Wildman–Crippen MR) is 48.5 cm³/mol. The standard InChI is InChI=1S/C9H11N3O/c1-7-8(4-5-10-2)6-11-9(12-7)13-3/h6H,4-5H2,1,3H3. The molecule has 0 atom stereocenters. The Hall–Kier alpha value is -1.63. The molecule has 0 saturated heterocycles. The molecule has 0 aliphatic heterocycles. The van der Waals surface area contributed by atoms with Crippen molar-refractivity contribution in [2.75, 3.05) is 13.7 Å². The lowest BCUT2D eigenvalue weighted by atomic mass is 10.2. The van der Waals surface area contributed by atoms with Crippen LogP contribution in [0.2, 0.25) is 0 Å². The van der Waals surface area contributed by atoms with Gasteiger partial charge in [0.05, 0.1) is 7.11 Å². The van der Waals surface area contributed by atoms with E-state index in [0.29, 0.717) is 19.0 Å². The minimum absolute atomic E-state index is 0.379. The van der Waals surface area contributed by atoms with Gasteiger partial charge < -0.3 is 9.58 Å². The summed E-state index contributed by atoms with van der Waals surface area (Å²) in [6, 6.07) is 0.379. The van der Waals surface area contributed by atoms with E-state index in [1.165, 1.54) is 7.11 Å². The molecule has 1 heterocycles. The van der Waals surface area contributed by atoms with Gasteiger partial charge in [-0.3, -0.25) is 0 Å². The quantitative estimate of drug-likeness (QED) is 0.652. The molecule has 0 amide bonds. The Bertz CT molecular complexity index is 330. The normalized spacial score (nSPS) is 9.31. The number of ether oxygens (including phenoxy) is 1. The van der Waals surface area contributed by atoms with Crippen LogP contribution in [0.1, 0.15) is 11.3 Å². The van der Waals surface area contributed by atoms with Crippen molar-refractivity contribution in [1.29, 1.82) is 0 Å². The van der Waals surface area contributed by atoms with Crippen LogP contribution in [0.25, 0.3) is 4.85 Å². The van der Waals surface area contributed by atoms with Crippen LogP contribution in [0.3, 0.4) is 0 Å². The molecule has 0 radical (unpaired) electrons. The number of methoxy groups -OCH3 is 1. The zero-order valence-corrected chi connectivity index (χ0v) is 7.74. The topological polar surface area (TPSA) is 39.4 Å².